The minimum absolute atomic E-state index is 0.241. The molecule has 0 saturated heterocycles. The van der Waals surface area contributed by atoms with Crippen molar-refractivity contribution in [2.45, 2.75) is 44.1 Å². The van der Waals surface area contributed by atoms with E-state index in [1.807, 2.05) is 0 Å². The zero-order valence-corrected chi connectivity index (χ0v) is 11.9. The smallest absolute Gasteiger partial charge is 0.350 e. The Labute approximate surface area is 122 Å². The van der Waals surface area contributed by atoms with Crippen LogP contribution in [0.2, 0.25) is 0 Å². The van der Waals surface area contributed by atoms with Gasteiger partial charge >= 0.3 is 11.9 Å². The molecule has 1 aromatic carbocycles. The molecule has 0 atom stereocenters. The summed E-state index contributed by atoms with van der Waals surface area (Å²) in [6, 6.07) is 1.60. The molecule has 0 bridgehead atoms. The van der Waals surface area contributed by atoms with Crippen LogP contribution < -0.4 is 9.47 Å². The fourth-order valence-corrected chi connectivity index (χ4v) is 3.74. The predicted molar refractivity (Wildman–Crippen MR) is 72.9 cm³/mol. The van der Waals surface area contributed by atoms with E-state index in [4.69, 9.17) is 14.2 Å². The summed E-state index contributed by atoms with van der Waals surface area (Å²) in [7, 11) is 1.57. The van der Waals surface area contributed by atoms with Gasteiger partial charge < -0.3 is 14.2 Å². The van der Waals surface area contributed by atoms with E-state index in [0.29, 0.717) is 11.5 Å². The third kappa shape index (κ3) is 1.69. The lowest BCUT2D eigenvalue weighted by Gasteiger charge is -2.32. The second kappa shape index (κ2) is 4.23. The lowest BCUT2D eigenvalue weighted by atomic mass is 9.81. The number of fused-ring (bicyclic) bond motifs is 3. The van der Waals surface area contributed by atoms with Crippen LogP contribution in [0.25, 0.3) is 0 Å². The summed E-state index contributed by atoms with van der Waals surface area (Å²) in [6.45, 7) is 0. The second-order valence-corrected chi connectivity index (χ2v) is 6.01. The zero-order chi connectivity index (χ0) is 14.6. The van der Waals surface area contributed by atoms with Crippen molar-refractivity contribution in [3.8, 4) is 11.5 Å². The normalized spacial score (nSPS) is 21.8. The number of carbonyl (C=O) groups is 2. The van der Waals surface area contributed by atoms with Gasteiger partial charge in [0.25, 0.3) is 0 Å². The Morgan fingerprint density at radius 1 is 1.14 bits per heavy atom. The third-order valence-corrected chi connectivity index (χ3v) is 4.75. The first kappa shape index (κ1) is 12.7. The van der Waals surface area contributed by atoms with E-state index in [1.165, 1.54) is 6.42 Å². The molecule has 5 heteroatoms. The van der Waals surface area contributed by atoms with Crippen molar-refractivity contribution in [1.29, 1.82) is 0 Å². The van der Waals surface area contributed by atoms with Gasteiger partial charge in [0.15, 0.2) is 0 Å². The van der Waals surface area contributed by atoms with Crippen LogP contribution in [0, 0.1) is 0 Å². The standard InChI is InChI=1S/C16H16O5/c1-19-11-7-9-12(15(18)20-14(9)17)13-10(11)8-16(21-13)5-3-2-4-6-16/h7H,2-6,8H2,1H3. The van der Waals surface area contributed by atoms with E-state index < -0.39 is 11.9 Å². The Kier molecular flexibility index (Phi) is 2.55. The molecule has 0 radical (unpaired) electrons. The minimum Gasteiger partial charge on any atom is -0.496 e. The van der Waals surface area contributed by atoms with Gasteiger partial charge in [0.05, 0.1) is 12.7 Å². The topological polar surface area (TPSA) is 61.8 Å². The zero-order valence-electron chi connectivity index (χ0n) is 11.9. The molecule has 0 N–H and O–H groups in total. The van der Waals surface area contributed by atoms with E-state index in [2.05, 4.69) is 0 Å². The number of benzene rings is 1. The van der Waals surface area contributed by atoms with Gasteiger partial charge in [-0.1, -0.05) is 6.42 Å². The minimum atomic E-state index is -0.621. The van der Waals surface area contributed by atoms with Crippen LogP contribution in [0.4, 0.5) is 0 Å². The lowest BCUT2D eigenvalue weighted by molar-refractivity contribution is 0.0424. The van der Waals surface area contributed by atoms with Gasteiger partial charge in [-0.3, -0.25) is 0 Å². The fraction of sp³-hybridized carbons (Fsp3) is 0.500. The second-order valence-electron chi connectivity index (χ2n) is 6.01. The van der Waals surface area contributed by atoms with Gasteiger partial charge in [0.1, 0.15) is 22.7 Å². The molecule has 0 amide bonds. The summed E-state index contributed by atoms with van der Waals surface area (Å²) >= 11 is 0. The van der Waals surface area contributed by atoms with Crippen molar-refractivity contribution >= 4 is 11.9 Å². The summed E-state index contributed by atoms with van der Waals surface area (Å²) in [6.07, 6.45) is 6.16. The molecule has 3 aliphatic rings. The molecule has 2 heterocycles. The van der Waals surface area contributed by atoms with Crippen molar-refractivity contribution < 1.29 is 23.8 Å². The van der Waals surface area contributed by atoms with Crippen LogP contribution in [0.5, 0.6) is 11.5 Å². The molecule has 0 unspecified atom stereocenters. The van der Waals surface area contributed by atoms with Gasteiger partial charge in [-0.15, -0.1) is 0 Å². The Balaban J connectivity index is 1.87. The lowest BCUT2D eigenvalue weighted by Crippen LogP contribution is -2.36. The highest BCUT2D eigenvalue weighted by Crippen LogP contribution is 2.50. The number of methoxy groups -OCH3 is 1. The summed E-state index contributed by atoms with van der Waals surface area (Å²) in [5.74, 6) is -0.119. The Morgan fingerprint density at radius 2 is 1.90 bits per heavy atom. The Hall–Kier alpha value is -2.04. The average Bonchev–Trinajstić information content (AvgIpc) is 2.97. The maximum absolute atomic E-state index is 11.9. The number of hydrogen-bond acceptors (Lipinski definition) is 5. The molecule has 0 aromatic heterocycles. The van der Waals surface area contributed by atoms with E-state index in [9.17, 15) is 9.59 Å². The number of carbonyl (C=O) groups excluding carboxylic acids is 2. The van der Waals surface area contributed by atoms with Crippen molar-refractivity contribution in [3.63, 3.8) is 0 Å². The van der Waals surface area contributed by atoms with Crippen molar-refractivity contribution in [3.05, 3.63) is 22.8 Å². The Morgan fingerprint density at radius 3 is 2.62 bits per heavy atom. The van der Waals surface area contributed by atoms with Crippen LogP contribution in [0.1, 0.15) is 58.4 Å². The number of ether oxygens (including phenoxy) is 3. The number of esters is 2. The fourth-order valence-electron chi connectivity index (χ4n) is 3.74. The van der Waals surface area contributed by atoms with E-state index >= 15 is 0 Å². The molecule has 4 rings (SSSR count). The van der Waals surface area contributed by atoms with Gasteiger partial charge in [0.2, 0.25) is 0 Å². The van der Waals surface area contributed by atoms with Crippen molar-refractivity contribution in [2.75, 3.05) is 7.11 Å². The largest absolute Gasteiger partial charge is 0.496 e. The van der Waals surface area contributed by atoms with Crippen molar-refractivity contribution in [2.24, 2.45) is 0 Å². The van der Waals surface area contributed by atoms with E-state index in [1.54, 1.807) is 13.2 Å². The van der Waals surface area contributed by atoms with Crippen LogP contribution >= 0.6 is 0 Å². The number of hydrogen-bond donors (Lipinski definition) is 0. The molecule has 2 aliphatic heterocycles. The van der Waals surface area contributed by atoms with Gasteiger partial charge in [-0.2, -0.15) is 0 Å². The van der Waals surface area contributed by atoms with Crippen molar-refractivity contribution in [1.82, 2.24) is 0 Å². The van der Waals surface area contributed by atoms with E-state index in [-0.39, 0.29) is 16.7 Å². The Bertz CT molecular complexity index is 655. The number of rotatable bonds is 1. The third-order valence-electron chi connectivity index (χ3n) is 4.75. The highest BCUT2D eigenvalue weighted by Gasteiger charge is 2.47. The first-order valence-corrected chi connectivity index (χ1v) is 7.33. The SMILES string of the molecule is COc1cc2c(c3c1CC1(CCCCC1)O3)C(=O)OC2=O. The van der Waals surface area contributed by atoms with Gasteiger partial charge in [0, 0.05) is 12.0 Å². The highest BCUT2D eigenvalue weighted by molar-refractivity contribution is 6.16. The molecule has 21 heavy (non-hydrogen) atoms. The average molecular weight is 288 g/mol. The molecule has 1 fully saturated rings. The highest BCUT2D eigenvalue weighted by atomic mass is 16.6. The molecule has 5 nitrogen and oxygen atoms in total. The summed E-state index contributed by atoms with van der Waals surface area (Å²) in [4.78, 5) is 23.7. The summed E-state index contributed by atoms with van der Waals surface area (Å²) in [5, 5.41) is 0. The van der Waals surface area contributed by atoms with Gasteiger partial charge in [-0.25, -0.2) is 9.59 Å². The van der Waals surface area contributed by atoms with Gasteiger partial charge in [-0.05, 0) is 31.7 Å². The van der Waals surface area contributed by atoms with E-state index in [0.717, 1.165) is 37.7 Å². The van der Waals surface area contributed by atoms with Crippen LogP contribution in [-0.4, -0.2) is 24.6 Å². The maximum Gasteiger partial charge on any atom is 0.350 e. The molecular weight excluding hydrogens is 272 g/mol. The first-order valence-electron chi connectivity index (χ1n) is 7.33. The molecule has 1 aromatic rings. The molecule has 110 valence electrons. The quantitative estimate of drug-likeness (QED) is 0.587. The molecule has 1 spiro atoms. The monoisotopic (exact) mass is 288 g/mol. The van der Waals surface area contributed by atoms with Crippen LogP contribution in [0.15, 0.2) is 6.07 Å². The summed E-state index contributed by atoms with van der Waals surface area (Å²) in [5.41, 5.74) is 1.18. The summed E-state index contributed by atoms with van der Waals surface area (Å²) < 4.78 is 16.3. The molecular formula is C16H16O5. The first-order chi connectivity index (χ1) is 10.1. The number of cyclic esters (lactones) is 2. The van der Waals surface area contributed by atoms with Crippen LogP contribution in [0.3, 0.4) is 0 Å². The molecule has 1 aliphatic carbocycles. The maximum atomic E-state index is 11.9. The predicted octanol–water partition coefficient (Wildman–Crippen LogP) is 2.64. The van der Waals surface area contributed by atoms with Crippen LogP contribution in [-0.2, 0) is 11.2 Å². The molecule has 1 saturated carbocycles.